The second kappa shape index (κ2) is 5.76. The van der Waals surface area contributed by atoms with Crippen molar-refractivity contribution in [1.82, 2.24) is 10.3 Å². The van der Waals surface area contributed by atoms with Crippen molar-refractivity contribution in [2.75, 3.05) is 13.6 Å². The van der Waals surface area contributed by atoms with Gasteiger partial charge < -0.3 is 5.32 Å². The van der Waals surface area contributed by atoms with Gasteiger partial charge in [0.2, 0.25) is 0 Å². The van der Waals surface area contributed by atoms with Crippen molar-refractivity contribution in [3.8, 4) is 9.88 Å². The first-order valence-corrected chi connectivity index (χ1v) is 7.62. The fourth-order valence-electron chi connectivity index (χ4n) is 1.87. The Labute approximate surface area is 111 Å². The summed E-state index contributed by atoms with van der Waals surface area (Å²) >= 11 is 3.51. The Morgan fingerprint density at radius 2 is 2.18 bits per heavy atom. The number of thiazole rings is 1. The van der Waals surface area contributed by atoms with Crippen LogP contribution in [0.2, 0.25) is 0 Å². The van der Waals surface area contributed by atoms with Crippen molar-refractivity contribution in [3.63, 3.8) is 0 Å². The van der Waals surface area contributed by atoms with Crippen LogP contribution in [0.15, 0.2) is 22.9 Å². The van der Waals surface area contributed by atoms with Crippen LogP contribution in [-0.4, -0.2) is 18.6 Å². The van der Waals surface area contributed by atoms with Crippen molar-refractivity contribution < 1.29 is 0 Å². The van der Waals surface area contributed by atoms with E-state index < -0.39 is 0 Å². The molecule has 0 saturated carbocycles. The van der Waals surface area contributed by atoms with Gasteiger partial charge in [0.25, 0.3) is 0 Å². The number of rotatable bonds is 5. The number of hydrogen-bond acceptors (Lipinski definition) is 4. The second-order valence-corrected chi connectivity index (χ2v) is 6.27. The lowest BCUT2D eigenvalue weighted by Gasteiger charge is -2.18. The van der Waals surface area contributed by atoms with Gasteiger partial charge in [-0.2, -0.15) is 0 Å². The summed E-state index contributed by atoms with van der Waals surface area (Å²) in [6, 6.07) is 4.21. The third kappa shape index (κ3) is 2.94. The molecule has 2 aromatic heterocycles. The van der Waals surface area contributed by atoms with E-state index in [1.54, 1.807) is 22.7 Å². The van der Waals surface area contributed by atoms with Gasteiger partial charge >= 0.3 is 0 Å². The van der Waals surface area contributed by atoms with Crippen molar-refractivity contribution in [1.29, 1.82) is 0 Å². The smallest absolute Gasteiger partial charge is 0.133 e. The number of thiophene rings is 1. The van der Waals surface area contributed by atoms with E-state index in [0.717, 1.165) is 11.6 Å². The maximum Gasteiger partial charge on any atom is 0.133 e. The molecule has 2 aromatic rings. The molecule has 0 spiro atoms. The van der Waals surface area contributed by atoms with E-state index in [0.29, 0.717) is 11.8 Å². The van der Waals surface area contributed by atoms with E-state index >= 15 is 0 Å². The Hall–Kier alpha value is -0.710. The van der Waals surface area contributed by atoms with E-state index in [9.17, 15) is 0 Å². The van der Waals surface area contributed by atoms with Gasteiger partial charge in [0.05, 0.1) is 10.6 Å². The topological polar surface area (TPSA) is 24.9 Å². The SMILES string of the molecule is CNCC(c1csc(-c2cccs2)n1)C(C)C. The van der Waals surface area contributed by atoms with Crippen molar-refractivity contribution in [2.24, 2.45) is 5.92 Å². The summed E-state index contributed by atoms with van der Waals surface area (Å²) in [5.74, 6) is 1.12. The van der Waals surface area contributed by atoms with Crippen LogP contribution in [0.4, 0.5) is 0 Å². The first-order chi connectivity index (χ1) is 8.22. The van der Waals surface area contributed by atoms with Gasteiger partial charge in [0.15, 0.2) is 0 Å². The lowest BCUT2D eigenvalue weighted by molar-refractivity contribution is 0.471. The van der Waals surface area contributed by atoms with Crippen LogP contribution in [0, 0.1) is 5.92 Å². The molecular weight excluding hydrogens is 248 g/mol. The molecule has 1 atom stereocenters. The molecule has 4 heteroatoms. The Morgan fingerprint density at radius 1 is 1.35 bits per heavy atom. The van der Waals surface area contributed by atoms with Crippen LogP contribution in [-0.2, 0) is 0 Å². The summed E-state index contributed by atoms with van der Waals surface area (Å²) in [7, 11) is 2.00. The molecule has 0 amide bonds. The molecular formula is C13H18N2S2. The summed E-state index contributed by atoms with van der Waals surface area (Å²) < 4.78 is 0. The minimum absolute atomic E-state index is 0.505. The van der Waals surface area contributed by atoms with Crippen LogP contribution in [0.1, 0.15) is 25.5 Å². The Balaban J connectivity index is 2.22. The molecule has 0 fully saturated rings. The van der Waals surface area contributed by atoms with Gasteiger partial charge in [-0.3, -0.25) is 0 Å². The van der Waals surface area contributed by atoms with Gasteiger partial charge in [0, 0.05) is 17.8 Å². The highest BCUT2D eigenvalue weighted by molar-refractivity contribution is 7.20. The molecule has 2 rings (SSSR count). The predicted molar refractivity (Wildman–Crippen MR) is 76.9 cm³/mol. The minimum atomic E-state index is 0.505. The van der Waals surface area contributed by atoms with Crippen molar-refractivity contribution in [2.45, 2.75) is 19.8 Å². The van der Waals surface area contributed by atoms with E-state index in [-0.39, 0.29) is 0 Å². The molecule has 17 heavy (non-hydrogen) atoms. The van der Waals surface area contributed by atoms with E-state index in [2.05, 4.69) is 42.1 Å². The first kappa shape index (κ1) is 12.7. The Kier molecular flexibility index (Phi) is 4.31. The lowest BCUT2D eigenvalue weighted by atomic mass is 9.93. The van der Waals surface area contributed by atoms with Gasteiger partial charge in [0.1, 0.15) is 5.01 Å². The maximum absolute atomic E-state index is 4.78. The van der Waals surface area contributed by atoms with Crippen LogP contribution in [0.3, 0.4) is 0 Å². The minimum Gasteiger partial charge on any atom is -0.319 e. The average Bonchev–Trinajstić information content (AvgIpc) is 2.95. The first-order valence-electron chi connectivity index (χ1n) is 5.86. The maximum atomic E-state index is 4.78. The largest absolute Gasteiger partial charge is 0.319 e. The van der Waals surface area contributed by atoms with Crippen LogP contribution >= 0.6 is 22.7 Å². The number of aromatic nitrogens is 1. The van der Waals surface area contributed by atoms with Crippen molar-refractivity contribution >= 4 is 22.7 Å². The summed E-state index contributed by atoms with van der Waals surface area (Å²) in [5.41, 5.74) is 1.22. The van der Waals surface area contributed by atoms with Crippen LogP contribution in [0.5, 0.6) is 0 Å². The van der Waals surface area contributed by atoms with E-state index in [1.807, 2.05) is 7.05 Å². The predicted octanol–water partition coefficient (Wildman–Crippen LogP) is 3.83. The zero-order valence-corrected chi connectivity index (χ0v) is 12.1. The van der Waals surface area contributed by atoms with E-state index in [4.69, 9.17) is 4.98 Å². The zero-order chi connectivity index (χ0) is 12.3. The van der Waals surface area contributed by atoms with Gasteiger partial charge in [-0.1, -0.05) is 19.9 Å². The van der Waals surface area contributed by atoms with Crippen LogP contribution in [0.25, 0.3) is 9.88 Å². The molecule has 0 bridgehead atoms. The molecule has 92 valence electrons. The fourth-order valence-corrected chi connectivity index (χ4v) is 3.57. The molecule has 2 heterocycles. The molecule has 0 aliphatic heterocycles. The molecule has 0 aliphatic carbocycles. The molecule has 0 saturated heterocycles. The molecule has 1 N–H and O–H groups in total. The summed E-state index contributed by atoms with van der Waals surface area (Å²) in [5, 5.41) is 8.72. The normalized spacial score (nSPS) is 13.2. The third-order valence-corrected chi connectivity index (χ3v) is 4.76. The lowest BCUT2D eigenvalue weighted by Crippen LogP contribution is -2.21. The molecule has 1 unspecified atom stereocenters. The third-order valence-electron chi connectivity index (χ3n) is 2.86. The number of nitrogens with zero attached hydrogens (tertiary/aromatic N) is 1. The van der Waals surface area contributed by atoms with Crippen molar-refractivity contribution in [3.05, 3.63) is 28.6 Å². The number of nitrogens with one attached hydrogen (secondary N) is 1. The average molecular weight is 266 g/mol. The summed E-state index contributed by atoms with van der Waals surface area (Å²) in [6.45, 7) is 5.50. The number of hydrogen-bond donors (Lipinski definition) is 1. The van der Waals surface area contributed by atoms with E-state index in [1.165, 1.54) is 10.6 Å². The van der Waals surface area contributed by atoms with Gasteiger partial charge in [-0.05, 0) is 24.4 Å². The van der Waals surface area contributed by atoms with Gasteiger partial charge in [-0.25, -0.2) is 4.98 Å². The standard InChI is InChI=1S/C13H18N2S2/c1-9(2)10(7-14-3)11-8-17-13(15-11)12-5-4-6-16-12/h4-6,8-10,14H,7H2,1-3H3. The molecule has 0 aliphatic rings. The second-order valence-electron chi connectivity index (χ2n) is 4.46. The Bertz CT molecular complexity index is 446. The molecule has 2 nitrogen and oxygen atoms in total. The highest BCUT2D eigenvalue weighted by Crippen LogP contribution is 2.32. The monoisotopic (exact) mass is 266 g/mol. The molecule has 0 radical (unpaired) electrons. The fraction of sp³-hybridized carbons (Fsp3) is 0.462. The Morgan fingerprint density at radius 3 is 2.76 bits per heavy atom. The summed E-state index contributed by atoms with van der Waals surface area (Å²) in [6.07, 6.45) is 0. The number of likely N-dealkylation sites (N-methyl/N-ethyl adjacent to an activating group) is 1. The van der Waals surface area contributed by atoms with Crippen LogP contribution < -0.4 is 5.32 Å². The zero-order valence-electron chi connectivity index (χ0n) is 10.4. The molecule has 0 aromatic carbocycles. The van der Waals surface area contributed by atoms with Gasteiger partial charge in [-0.15, -0.1) is 22.7 Å². The quantitative estimate of drug-likeness (QED) is 0.889. The highest BCUT2D eigenvalue weighted by atomic mass is 32.1. The highest BCUT2D eigenvalue weighted by Gasteiger charge is 2.18. The summed E-state index contributed by atoms with van der Waals surface area (Å²) in [4.78, 5) is 6.05.